The van der Waals surface area contributed by atoms with Crippen molar-refractivity contribution in [3.8, 4) is 0 Å². The Balaban J connectivity index is 4.20. The molecule has 0 aromatic rings. The van der Waals surface area contributed by atoms with Crippen molar-refractivity contribution in [2.75, 3.05) is 0 Å². The van der Waals surface area contributed by atoms with Crippen LogP contribution < -0.4 is 0 Å². The van der Waals surface area contributed by atoms with E-state index in [-0.39, 0.29) is 0 Å². The number of carboxylic acid groups (broad SMARTS) is 1. The van der Waals surface area contributed by atoms with Gasteiger partial charge in [0.2, 0.25) is 0 Å². The van der Waals surface area contributed by atoms with Crippen LogP contribution in [-0.4, -0.2) is 21.8 Å². The van der Waals surface area contributed by atoms with Crippen molar-refractivity contribution >= 4 is 5.97 Å². The molecule has 0 aromatic carbocycles. The third kappa shape index (κ3) is 12.8. The molecule has 0 heterocycles. The average molecular weight is 343 g/mol. The van der Waals surface area contributed by atoms with Crippen molar-refractivity contribution in [2.24, 2.45) is 5.92 Å². The fraction of sp³-hybridized carbons (Fsp3) is 0.952. The fourth-order valence-electron chi connectivity index (χ4n) is 3.46. The maximum Gasteiger partial charge on any atom is 0.306 e. The van der Waals surface area contributed by atoms with Crippen LogP contribution in [0.5, 0.6) is 0 Å². The number of carbonyl (C=O) groups is 1. The first-order valence-electron chi connectivity index (χ1n) is 10.4. The van der Waals surface area contributed by atoms with Gasteiger partial charge in [-0.1, -0.05) is 97.8 Å². The lowest BCUT2D eigenvalue weighted by atomic mass is 9.82. The van der Waals surface area contributed by atoms with Gasteiger partial charge in [-0.3, -0.25) is 4.79 Å². The van der Waals surface area contributed by atoms with Gasteiger partial charge in [0, 0.05) is 0 Å². The molecule has 1 atom stereocenters. The fourth-order valence-corrected chi connectivity index (χ4v) is 3.46. The zero-order valence-corrected chi connectivity index (χ0v) is 16.5. The minimum absolute atomic E-state index is 0.395. The molecule has 3 heteroatoms. The van der Waals surface area contributed by atoms with Gasteiger partial charge in [-0.15, -0.1) is 0 Å². The average Bonchev–Trinajstić information content (AvgIpc) is 2.54. The zero-order chi connectivity index (χ0) is 18.3. The van der Waals surface area contributed by atoms with Crippen LogP contribution in [0.15, 0.2) is 0 Å². The Labute approximate surface area is 150 Å². The minimum Gasteiger partial charge on any atom is -0.481 e. The van der Waals surface area contributed by atoms with Gasteiger partial charge in [0.15, 0.2) is 0 Å². The second-order valence-corrected chi connectivity index (χ2v) is 7.70. The number of carboxylic acids is 1. The number of hydrogen-bond donors (Lipinski definition) is 2. The summed E-state index contributed by atoms with van der Waals surface area (Å²) in [6, 6.07) is 0. The Morgan fingerprint density at radius 3 is 1.54 bits per heavy atom. The largest absolute Gasteiger partial charge is 0.481 e. The second kappa shape index (κ2) is 14.7. The number of aliphatic hydroxyl groups is 1. The summed E-state index contributed by atoms with van der Waals surface area (Å²) in [4.78, 5) is 11.2. The standard InChI is InChI=1S/C21H42O3/c1-4-6-8-10-12-14-16-21(24,18-19(3)20(22)23)17-15-13-11-9-7-5-2/h19,24H,4-18H2,1-3H3,(H,22,23). The van der Waals surface area contributed by atoms with E-state index in [1.165, 1.54) is 51.4 Å². The zero-order valence-electron chi connectivity index (χ0n) is 16.5. The van der Waals surface area contributed by atoms with Gasteiger partial charge in [-0.25, -0.2) is 0 Å². The second-order valence-electron chi connectivity index (χ2n) is 7.70. The maximum absolute atomic E-state index is 11.2. The van der Waals surface area contributed by atoms with Crippen molar-refractivity contribution in [3.05, 3.63) is 0 Å². The number of aliphatic carboxylic acids is 1. The molecule has 0 rings (SSSR count). The molecule has 1 unspecified atom stereocenters. The molecule has 0 fully saturated rings. The first-order valence-corrected chi connectivity index (χ1v) is 10.4. The Morgan fingerprint density at radius 1 is 0.792 bits per heavy atom. The first-order chi connectivity index (χ1) is 11.4. The molecule has 0 aliphatic rings. The summed E-state index contributed by atoms with van der Waals surface area (Å²) >= 11 is 0. The summed E-state index contributed by atoms with van der Waals surface area (Å²) in [7, 11) is 0. The third-order valence-electron chi connectivity index (χ3n) is 5.10. The lowest BCUT2D eigenvalue weighted by Crippen LogP contribution is -2.33. The van der Waals surface area contributed by atoms with Gasteiger partial charge in [0.1, 0.15) is 0 Å². The van der Waals surface area contributed by atoms with Gasteiger partial charge in [0.25, 0.3) is 0 Å². The molecule has 0 radical (unpaired) electrons. The van der Waals surface area contributed by atoms with E-state index in [0.717, 1.165) is 38.5 Å². The van der Waals surface area contributed by atoms with E-state index >= 15 is 0 Å². The SMILES string of the molecule is CCCCCCCCC(O)(CCCCCCCC)CC(C)C(=O)O. The molecule has 0 aliphatic carbocycles. The van der Waals surface area contributed by atoms with Gasteiger partial charge < -0.3 is 10.2 Å². The van der Waals surface area contributed by atoms with Crippen LogP contribution in [-0.2, 0) is 4.79 Å². The lowest BCUT2D eigenvalue weighted by Gasteiger charge is -2.30. The normalized spacial score (nSPS) is 13.2. The molecular formula is C21H42O3. The quantitative estimate of drug-likeness (QED) is 0.304. The molecule has 2 N–H and O–H groups in total. The van der Waals surface area contributed by atoms with Crippen LogP contribution in [0.4, 0.5) is 0 Å². The van der Waals surface area contributed by atoms with Crippen LogP contribution in [0.2, 0.25) is 0 Å². The summed E-state index contributed by atoms with van der Waals surface area (Å²) < 4.78 is 0. The van der Waals surface area contributed by atoms with Gasteiger partial charge in [0.05, 0.1) is 11.5 Å². The van der Waals surface area contributed by atoms with E-state index in [2.05, 4.69) is 13.8 Å². The topological polar surface area (TPSA) is 57.5 Å². The molecule has 24 heavy (non-hydrogen) atoms. The molecule has 3 nitrogen and oxygen atoms in total. The van der Waals surface area contributed by atoms with E-state index in [9.17, 15) is 15.0 Å². The van der Waals surface area contributed by atoms with Gasteiger partial charge >= 0.3 is 5.97 Å². The van der Waals surface area contributed by atoms with Crippen molar-refractivity contribution in [1.82, 2.24) is 0 Å². The Kier molecular flexibility index (Phi) is 14.4. The summed E-state index contributed by atoms with van der Waals surface area (Å²) in [6.07, 6.45) is 16.3. The first kappa shape index (κ1) is 23.4. The molecule has 0 aromatic heterocycles. The van der Waals surface area contributed by atoms with Crippen molar-refractivity contribution in [2.45, 2.75) is 123 Å². The summed E-state index contributed by atoms with van der Waals surface area (Å²) in [5.74, 6) is -1.26. The molecular weight excluding hydrogens is 300 g/mol. The van der Waals surface area contributed by atoms with Gasteiger partial charge in [-0.05, 0) is 19.3 Å². The van der Waals surface area contributed by atoms with Crippen molar-refractivity contribution in [1.29, 1.82) is 0 Å². The Hall–Kier alpha value is -0.570. The minimum atomic E-state index is -0.792. The predicted octanol–water partition coefficient (Wildman–Crippen LogP) is 6.33. The highest BCUT2D eigenvalue weighted by Crippen LogP contribution is 2.30. The van der Waals surface area contributed by atoms with E-state index in [0.29, 0.717) is 6.42 Å². The molecule has 144 valence electrons. The molecule has 0 spiro atoms. The highest BCUT2D eigenvalue weighted by atomic mass is 16.4. The van der Waals surface area contributed by atoms with Crippen LogP contribution >= 0.6 is 0 Å². The molecule has 0 amide bonds. The van der Waals surface area contributed by atoms with Crippen LogP contribution in [0, 0.1) is 5.92 Å². The molecule has 0 bridgehead atoms. The van der Waals surface area contributed by atoms with Crippen LogP contribution in [0.25, 0.3) is 0 Å². The summed E-state index contributed by atoms with van der Waals surface area (Å²) in [5, 5.41) is 20.1. The summed E-state index contributed by atoms with van der Waals surface area (Å²) in [5.41, 5.74) is -0.784. The number of hydrogen-bond acceptors (Lipinski definition) is 2. The highest BCUT2D eigenvalue weighted by Gasteiger charge is 2.30. The predicted molar refractivity (Wildman–Crippen MR) is 102 cm³/mol. The number of unbranched alkanes of at least 4 members (excludes halogenated alkanes) is 10. The van der Waals surface area contributed by atoms with E-state index in [1.807, 2.05) is 0 Å². The van der Waals surface area contributed by atoms with Crippen molar-refractivity contribution in [3.63, 3.8) is 0 Å². The van der Waals surface area contributed by atoms with Gasteiger partial charge in [-0.2, -0.15) is 0 Å². The van der Waals surface area contributed by atoms with Crippen LogP contribution in [0.3, 0.4) is 0 Å². The van der Waals surface area contributed by atoms with Crippen LogP contribution in [0.1, 0.15) is 117 Å². The molecule has 0 saturated heterocycles. The monoisotopic (exact) mass is 342 g/mol. The van der Waals surface area contributed by atoms with E-state index < -0.39 is 17.5 Å². The lowest BCUT2D eigenvalue weighted by molar-refractivity contribution is -0.143. The van der Waals surface area contributed by atoms with E-state index in [4.69, 9.17) is 0 Å². The number of rotatable bonds is 17. The third-order valence-corrected chi connectivity index (χ3v) is 5.10. The van der Waals surface area contributed by atoms with Crippen molar-refractivity contribution < 1.29 is 15.0 Å². The Bertz CT molecular complexity index is 285. The molecule has 0 aliphatic heterocycles. The smallest absolute Gasteiger partial charge is 0.306 e. The van der Waals surface area contributed by atoms with E-state index in [1.54, 1.807) is 6.92 Å². The molecule has 0 saturated carbocycles. The Morgan fingerprint density at radius 2 is 1.17 bits per heavy atom. The highest BCUT2D eigenvalue weighted by molar-refractivity contribution is 5.69. The summed E-state index contributed by atoms with van der Waals surface area (Å²) in [6.45, 7) is 6.15. The maximum atomic E-state index is 11.2.